The van der Waals surface area contributed by atoms with Crippen LogP contribution in [0.4, 0.5) is 5.69 Å². The number of piperazine rings is 1. The fourth-order valence-electron chi connectivity index (χ4n) is 4.42. The summed E-state index contributed by atoms with van der Waals surface area (Å²) < 4.78 is 5.42. The average molecular weight is 491 g/mol. The Kier molecular flexibility index (Phi) is 7.68. The Morgan fingerprint density at radius 1 is 1.06 bits per heavy atom. The van der Waals surface area contributed by atoms with Gasteiger partial charge in [-0.05, 0) is 43.2 Å². The molecule has 1 atom stereocenters. The predicted molar refractivity (Wildman–Crippen MR) is 136 cm³/mol. The zero-order chi connectivity index (χ0) is 25.7. The Balaban J connectivity index is 1.48. The second-order valence-electron chi connectivity index (χ2n) is 8.84. The zero-order valence-electron chi connectivity index (χ0n) is 20.4. The third kappa shape index (κ3) is 5.73. The number of carboxylic acids is 1. The van der Waals surface area contributed by atoms with Gasteiger partial charge in [0.15, 0.2) is 0 Å². The van der Waals surface area contributed by atoms with Crippen molar-refractivity contribution in [3.8, 4) is 5.75 Å². The summed E-state index contributed by atoms with van der Waals surface area (Å²) >= 11 is 0. The number of ether oxygens (including phenoxy) is 1. The van der Waals surface area contributed by atoms with Crippen LogP contribution in [0, 0.1) is 6.92 Å². The fourth-order valence-corrected chi connectivity index (χ4v) is 4.42. The number of hydrogen-bond donors (Lipinski definition) is 2. The number of aryl methyl sites for hydroxylation is 1. The summed E-state index contributed by atoms with van der Waals surface area (Å²) in [6, 6.07) is 16.0. The molecule has 0 bridgehead atoms. The van der Waals surface area contributed by atoms with E-state index in [1.165, 1.54) is 18.7 Å². The highest BCUT2D eigenvalue weighted by Gasteiger charge is 2.30. The van der Waals surface area contributed by atoms with Crippen molar-refractivity contribution in [1.82, 2.24) is 15.2 Å². The minimum atomic E-state index is -1.03. The Bertz CT molecular complexity index is 1270. The normalized spacial score (nSPS) is 14.4. The van der Waals surface area contributed by atoms with E-state index >= 15 is 0 Å². The van der Waals surface area contributed by atoms with Gasteiger partial charge in [-0.3, -0.25) is 14.4 Å². The molecule has 2 heterocycles. The minimum Gasteiger partial charge on any atom is -0.496 e. The van der Waals surface area contributed by atoms with Crippen molar-refractivity contribution in [3.63, 3.8) is 0 Å². The number of carbonyl (C=O) groups excluding carboxylic acids is 2. The van der Waals surface area contributed by atoms with Crippen molar-refractivity contribution in [2.24, 2.45) is 0 Å². The Morgan fingerprint density at radius 2 is 1.81 bits per heavy atom. The predicted octanol–water partition coefficient (Wildman–Crippen LogP) is 2.86. The van der Waals surface area contributed by atoms with Gasteiger partial charge in [0, 0.05) is 49.7 Å². The van der Waals surface area contributed by atoms with Gasteiger partial charge in [0.2, 0.25) is 5.91 Å². The van der Waals surface area contributed by atoms with Gasteiger partial charge in [-0.2, -0.15) is 0 Å². The third-order valence-corrected chi connectivity index (χ3v) is 6.34. The number of carbonyl (C=O) groups is 3. The second kappa shape index (κ2) is 11.1. The largest absolute Gasteiger partial charge is 0.496 e. The molecule has 2 amide bonds. The molecule has 1 aliphatic rings. The van der Waals surface area contributed by atoms with E-state index in [1.807, 2.05) is 43.3 Å². The first-order chi connectivity index (χ1) is 17.4. The Morgan fingerprint density at radius 3 is 2.50 bits per heavy atom. The SMILES string of the molecule is COc1cc(C(=O)NC(CCC(=O)O)C(=O)N2CCN(c3cccc(C)c3)CC2)nc2ccccc12. The van der Waals surface area contributed by atoms with Gasteiger partial charge in [-0.1, -0.05) is 24.3 Å². The van der Waals surface area contributed by atoms with Crippen molar-refractivity contribution in [2.45, 2.75) is 25.8 Å². The van der Waals surface area contributed by atoms with Gasteiger partial charge in [0.25, 0.3) is 5.91 Å². The van der Waals surface area contributed by atoms with Crippen LogP contribution in [0.3, 0.4) is 0 Å². The second-order valence-corrected chi connectivity index (χ2v) is 8.84. The van der Waals surface area contributed by atoms with Crippen molar-refractivity contribution < 1.29 is 24.2 Å². The van der Waals surface area contributed by atoms with Crippen molar-refractivity contribution >= 4 is 34.4 Å². The number of nitrogens with zero attached hydrogens (tertiary/aromatic N) is 3. The zero-order valence-corrected chi connectivity index (χ0v) is 20.4. The molecule has 0 saturated carbocycles. The van der Waals surface area contributed by atoms with Crippen LogP contribution in [0.15, 0.2) is 54.6 Å². The first-order valence-electron chi connectivity index (χ1n) is 11.9. The van der Waals surface area contributed by atoms with E-state index in [1.54, 1.807) is 11.0 Å². The molecule has 9 heteroatoms. The number of nitrogens with one attached hydrogen (secondary N) is 1. The molecule has 1 unspecified atom stereocenters. The molecule has 4 rings (SSSR count). The highest BCUT2D eigenvalue weighted by Crippen LogP contribution is 2.25. The molecule has 0 aliphatic carbocycles. The monoisotopic (exact) mass is 490 g/mol. The molecule has 188 valence electrons. The molecule has 2 N–H and O–H groups in total. The topological polar surface area (TPSA) is 112 Å². The lowest BCUT2D eigenvalue weighted by Crippen LogP contribution is -2.55. The average Bonchev–Trinajstić information content (AvgIpc) is 2.89. The first kappa shape index (κ1) is 25.0. The number of benzene rings is 2. The van der Waals surface area contributed by atoms with Crippen LogP contribution in [-0.2, 0) is 9.59 Å². The summed E-state index contributed by atoms with van der Waals surface area (Å²) in [4.78, 5) is 46.0. The van der Waals surface area contributed by atoms with E-state index in [0.29, 0.717) is 37.4 Å². The number of pyridine rings is 1. The van der Waals surface area contributed by atoms with E-state index in [-0.39, 0.29) is 24.4 Å². The Labute approximate surface area is 209 Å². The molecule has 0 radical (unpaired) electrons. The van der Waals surface area contributed by atoms with Crippen LogP contribution in [0.25, 0.3) is 10.9 Å². The molecule has 1 aliphatic heterocycles. The van der Waals surface area contributed by atoms with Crippen LogP contribution in [0.1, 0.15) is 28.9 Å². The van der Waals surface area contributed by atoms with Crippen molar-refractivity contribution in [3.05, 3.63) is 65.9 Å². The number of fused-ring (bicyclic) bond motifs is 1. The summed E-state index contributed by atoms with van der Waals surface area (Å²) in [5, 5.41) is 12.7. The van der Waals surface area contributed by atoms with Gasteiger partial charge in [-0.15, -0.1) is 0 Å². The summed E-state index contributed by atoms with van der Waals surface area (Å²) in [7, 11) is 1.51. The number of anilines is 1. The summed E-state index contributed by atoms with van der Waals surface area (Å²) in [6.45, 7) is 4.30. The number of aromatic nitrogens is 1. The van der Waals surface area contributed by atoms with Crippen molar-refractivity contribution in [1.29, 1.82) is 0 Å². The fraction of sp³-hybridized carbons (Fsp3) is 0.333. The lowest BCUT2D eigenvalue weighted by molar-refractivity contribution is -0.138. The highest BCUT2D eigenvalue weighted by atomic mass is 16.5. The van der Waals surface area contributed by atoms with Crippen LogP contribution in [-0.4, -0.2) is 72.1 Å². The number of rotatable bonds is 8. The summed E-state index contributed by atoms with van der Waals surface area (Å²) in [6.07, 6.45) is -0.253. The molecule has 2 aromatic carbocycles. The van der Waals surface area contributed by atoms with Crippen LogP contribution in [0.2, 0.25) is 0 Å². The minimum absolute atomic E-state index is 0.0112. The molecule has 0 spiro atoms. The lowest BCUT2D eigenvalue weighted by atomic mass is 10.1. The van der Waals surface area contributed by atoms with E-state index in [9.17, 15) is 19.5 Å². The summed E-state index contributed by atoms with van der Waals surface area (Å²) in [5.41, 5.74) is 2.96. The third-order valence-electron chi connectivity index (χ3n) is 6.34. The van der Waals surface area contributed by atoms with Gasteiger partial charge >= 0.3 is 5.97 Å². The molecular weight excluding hydrogens is 460 g/mol. The molecular formula is C27H30N4O5. The number of amides is 2. The van der Waals surface area contributed by atoms with Gasteiger partial charge in [0.1, 0.15) is 17.5 Å². The lowest BCUT2D eigenvalue weighted by Gasteiger charge is -2.37. The van der Waals surface area contributed by atoms with E-state index in [0.717, 1.165) is 11.1 Å². The van der Waals surface area contributed by atoms with Gasteiger partial charge in [-0.25, -0.2) is 4.98 Å². The first-order valence-corrected chi connectivity index (χ1v) is 11.9. The van der Waals surface area contributed by atoms with Crippen LogP contribution in [0.5, 0.6) is 5.75 Å². The molecule has 1 fully saturated rings. The maximum atomic E-state index is 13.4. The maximum Gasteiger partial charge on any atom is 0.303 e. The van der Waals surface area contributed by atoms with E-state index < -0.39 is 17.9 Å². The number of para-hydroxylation sites is 1. The smallest absolute Gasteiger partial charge is 0.303 e. The van der Waals surface area contributed by atoms with Crippen molar-refractivity contribution in [2.75, 3.05) is 38.2 Å². The van der Waals surface area contributed by atoms with Crippen LogP contribution >= 0.6 is 0 Å². The van der Waals surface area contributed by atoms with Gasteiger partial charge < -0.3 is 25.0 Å². The number of hydrogen-bond acceptors (Lipinski definition) is 6. The van der Waals surface area contributed by atoms with Gasteiger partial charge in [0.05, 0.1) is 12.6 Å². The molecule has 3 aromatic rings. The van der Waals surface area contributed by atoms with E-state index in [2.05, 4.69) is 21.3 Å². The number of carboxylic acid groups (broad SMARTS) is 1. The number of aliphatic carboxylic acids is 1. The Hall–Kier alpha value is -4.14. The standard InChI is InChI=1S/C27H30N4O5/c1-18-6-5-7-19(16-18)30-12-14-31(15-13-30)27(35)22(10-11-25(32)33)29-26(34)23-17-24(36-2)20-8-3-4-9-21(20)28-23/h3-9,16-17,22H,10-15H2,1-2H3,(H,29,34)(H,32,33). The highest BCUT2D eigenvalue weighted by molar-refractivity contribution is 5.99. The summed E-state index contributed by atoms with van der Waals surface area (Å²) in [5.74, 6) is -1.38. The van der Waals surface area contributed by atoms with E-state index in [4.69, 9.17) is 4.74 Å². The quantitative estimate of drug-likeness (QED) is 0.499. The number of methoxy groups -OCH3 is 1. The molecule has 9 nitrogen and oxygen atoms in total. The molecule has 1 aromatic heterocycles. The van der Waals surface area contributed by atoms with Crippen LogP contribution < -0.4 is 15.0 Å². The molecule has 1 saturated heterocycles. The maximum absolute atomic E-state index is 13.4. The molecule has 36 heavy (non-hydrogen) atoms.